The predicted octanol–water partition coefficient (Wildman–Crippen LogP) is 2.88. The van der Waals surface area contributed by atoms with Crippen LogP contribution in [0.25, 0.3) is 0 Å². The van der Waals surface area contributed by atoms with Crippen molar-refractivity contribution in [2.75, 3.05) is 39.7 Å². The minimum Gasteiger partial charge on any atom is -0.494 e. The highest BCUT2D eigenvalue weighted by Gasteiger charge is 2.34. The molecule has 0 aliphatic carbocycles. The Labute approximate surface area is 174 Å². The average Bonchev–Trinajstić information content (AvgIpc) is 3.12. The molecule has 0 saturated carbocycles. The van der Waals surface area contributed by atoms with E-state index >= 15 is 0 Å². The van der Waals surface area contributed by atoms with Gasteiger partial charge < -0.3 is 24.4 Å². The van der Waals surface area contributed by atoms with E-state index < -0.39 is 11.7 Å². The minimum atomic E-state index is -0.561. The Kier molecular flexibility index (Phi) is 6.76. The van der Waals surface area contributed by atoms with E-state index in [1.165, 1.54) is 19.2 Å². The minimum absolute atomic E-state index is 0.0726. The lowest BCUT2D eigenvalue weighted by Crippen LogP contribution is -2.30. The van der Waals surface area contributed by atoms with E-state index in [0.717, 1.165) is 5.56 Å². The number of carbonyl (C=O) groups excluding carboxylic acids is 2. The lowest BCUT2D eigenvalue weighted by molar-refractivity contribution is -0.128. The molecule has 0 spiro atoms. The van der Waals surface area contributed by atoms with Crippen molar-refractivity contribution in [3.63, 3.8) is 0 Å². The molecule has 0 bridgehead atoms. The van der Waals surface area contributed by atoms with Gasteiger partial charge in [0.25, 0.3) is 0 Å². The zero-order valence-electron chi connectivity index (χ0n) is 17.2. The maximum Gasteiger partial charge on any atom is 0.229 e. The van der Waals surface area contributed by atoms with Gasteiger partial charge >= 0.3 is 0 Å². The molecule has 1 fully saturated rings. The van der Waals surface area contributed by atoms with Gasteiger partial charge in [0.1, 0.15) is 0 Å². The van der Waals surface area contributed by atoms with Crippen molar-refractivity contribution in [1.29, 1.82) is 0 Å². The first kappa shape index (κ1) is 21.4. The normalized spacial score (nSPS) is 15.8. The molecule has 1 aliphatic heterocycles. The Morgan fingerprint density at radius 2 is 1.77 bits per heavy atom. The topological polar surface area (TPSA) is 77.1 Å². The second kappa shape index (κ2) is 9.47. The predicted molar refractivity (Wildman–Crippen MR) is 110 cm³/mol. The number of ether oxygens (including phenoxy) is 3. The van der Waals surface area contributed by atoms with Crippen molar-refractivity contribution in [2.24, 2.45) is 5.92 Å². The number of methoxy groups -OCH3 is 3. The van der Waals surface area contributed by atoms with Crippen LogP contribution in [0.5, 0.6) is 17.2 Å². The third-order valence-electron chi connectivity index (χ3n) is 5.12. The Bertz CT molecular complexity index is 934. The number of carbonyl (C=O) groups is 2. The molecule has 8 heteroatoms. The second-order valence-electron chi connectivity index (χ2n) is 7.02. The highest BCUT2D eigenvalue weighted by molar-refractivity contribution is 5.97. The molecular formula is C22H25FN2O5. The Morgan fingerprint density at radius 1 is 1.07 bits per heavy atom. The summed E-state index contributed by atoms with van der Waals surface area (Å²) in [5.74, 6) is -0.0391. The smallest absolute Gasteiger partial charge is 0.229 e. The van der Waals surface area contributed by atoms with E-state index in [1.807, 2.05) is 18.2 Å². The van der Waals surface area contributed by atoms with Crippen LogP contribution >= 0.6 is 0 Å². The molecule has 1 unspecified atom stereocenters. The molecule has 1 aliphatic rings. The Balaban J connectivity index is 1.57. The van der Waals surface area contributed by atoms with Crippen LogP contribution in [0.4, 0.5) is 10.1 Å². The zero-order valence-corrected chi connectivity index (χ0v) is 17.2. The van der Waals surface area contributed by atoms with Crippen LogP contribution in [-0.4, -0.2) is 51.1 Å². The van der Waals surface area contributed by atoms with Gasteiger partial charge in [0.15, 0.2) is 23.1 Å². The van der Waals surface area contributed by atoms with E-state index in [-0.39, 0.29) is 24.0 Å². The van der Waals surface area contributed by atoms with Gasteiger partial charge in [-0.1, -0.05) is 6.07 Å². The molecule has 0 radical (unpaired) electrons. The summed E-state index contributed by atoms with van der Waals surface area (Å²) < 4.78 is 29.2. The number of nitrogens with zero attached hydrogens (tertiary/aromatic N) is 1. The number of hydrogen-bond acceptors (Lipinski definition) is 5. The van der Waals surface area contributed by atoms with Crippen LogP contribution in [0, 0.1) is 11.7 Å². The Morgan fingerprint density at radius 3 is 2.43 bits per heavy atom. The fourth-order valence-corrected chi connectivity index (χ4v) is 3.45. The summed E-state index contributed by atoms with van der Waals surface area (Å²) in [7, 11) is 4.52. The second-order valence-corrected chi connectivity index (χ2v) is 7.02. The van der Waals surface area contributed by atoms with Crippen molar-refractivity contribution in [3.05, 3.63) is 47.8 Å². The molecule has 1 atom stereocenters. The summed E-state index contributed by atoms with van der Waals surface area (Å²) in [6.45, 7) is 0.825. The summed E-state index contributed by atoms with van der Waals surface area (Å²) in [4.78, 5) is 26.6. The fraction of sp³-hybridized carbons (Fsp3) is 0.364. The molecule has 1 N–H and O–H groups in total. The van der Waals surface area contributed by atoms with E-state index in [9.17, 15) is 14.0 Å². The number of hydrogen-bond donors (Lipinski definition) is 1. The van der Waals surface area contributed by atoms with Gasteiger partial charge in [0.2, 0.25) is 11.8 Å². The Hall–Kier alpha value is -3.29. The summed E-state index contributed by atoms with van der Waals surface area (Å²) >= 11 is 0. The van der Waals surface area contributed by atoms with Gasteiger partial charge in [-0.15, -0.1) is 0 Å². The number of benzene rings is 2. The number of amides is 2. The van der Waals surface area contributed by atoms with Crippen LogP contribution < -0.4 is 19.5 Å². The van der Waals surface area contributed by atoms with Crippen LogP contribution in [0.2, 0.25) is 0 Å². The van der Waals surface area contributed by atoms with Crippen molar-refractivity contribution in [2.45, 2.75) is 12.8 Å². The van der Waals surface area contributed by atoms with Crippen molar-refractivity contribution >= 4 is 17.5 Å². The van der Waals surface area contributed by atoms with Crippen LogP contribution in [0.1, 0.15) is 12.0 Å². The standard InChI is InChI=1S/C22H25FN2O5/c1-28-18-7-5-16(12-17(18)23)24-22(27)15-11-21(26)25(13-15)9-8-14-4-6-19(29-2)20(10-14)30-3/h4-7,10,12,15H,8-9,11,13H2,1-3H3,(H,24,27). The maximum absolute atomic E-state index is 13.8. The van der Waals surface area contributed by atoms with Crippen LogP contribution in [0.15, 0.2) is 36.4 Å². The molecule has 1 heterocycles. The number of halogens is 1. The van der Waals surface area contributed by atoms with E-state index in [4.69, 9.17) is 14.2 Å². The van der Waals surface area contributed by atoms with Crippen molar-refractivity contribution in [1.82, 2.24) is 4.90 Å². The first-order valence-electron chi connectivity index (χ1n) is 9.58. The monoisotopic (exact) mass is 416 g/mol. The maximum atomic E-state index is 13.8. The van der Waals surface area contributed by atoms with Crippen molar-refractivity contribution in [3.8, 4) is 17.2 Å². The SMILES string of the molecule is COc1ccc(NC(=O)C2CC(=O)N(CCc3ccc(OC)c(OC)c3)C2)cc1F. The first-order valence-corrected chi connectivity index (χ1v) is 9.58. The van der Waals surface area contributed by atoms with Gasteiger partial charge in [-0.3, -0.25) is 9.59 Å². The van der Waals surface area contributed by atoms with E-state index in [1.54, 1.807) is 25.2 Å². The molecule has 7 nitrogen and oxygen atoms in total. The lowest BCUT2D eigenvalue weighted by Gasteiger charge is -2.17. The number of nitrogens with one attached hydrogen (secondary N) is 1. The number of likely N-dealkylation sites (tertiary alicyclic amines) is 1. The largest absolute Gasteiger partial charge is 0.494 e. The van der Waals surface area contributed by atoms with E-state index in [2.05, 4.69) is 5.32 Å². The third kappa shape index (κ3) is 4.82. The van der Waals surface area contributed by atoms with Crippen LogP contribution in [-0.2, 0) is 16.0 Å². The molecule has 1 saturated heterocycles. The van der Waals surface area contributed by atoms with E-state index in [0.29, 0.717) is 36.7 Å². The van der Waals surface area contributed by atoms with Crippen LogP contribution in [0.3, 0.4) is 0 Å². The molecule has 0 aromatic heterocycles. The van der Waals surface area contributed by atoms with Crippen molar-refractivity contribution < 1.29 is 28.2 Å². The molecule has 30 heavy (non-hydrogen) atoms. The molecule has 2 amide bonds. The summed E-state index contributed by atoms with van der Waals surface area (Å²) in [6, 6.07) is 9.82. The van der Waals surface area contributed by atoms with Gasteiger partial charge in [0.05, 0.1) is 27.2 Å². The first-order chi connectivity index (χ1) is 14.4. The van der Waals surface area contributed by atoms with Gasteiger partial charge in [-0.05, 0) is 36.2 Å². The third-order valence-corrected chi connectivity index (χ3v) is 5.12. The molecule has 2 aromatic rings. The number of rotatable bonds is 8. The zero-order chi connectivity index (χ0) is 21.7. The summed E-state index contributed by atoms with van der Waals surface area (Å²) in [6.07, 6.45) is 0.764. The molecular weight excluding hydrogens is 391 g/mol. The average molecular weight is 416 g/mol. The quantitative estimate of drug-likeness (QED) is 0.716. The molecule has 3 rings (SSSR count). The van der Waals surface area contributed by atoms with Gasteiger partial charge in [0, 0.05) is 31.3 Å². The lowest BCUT2D eigenvalue weighted by atomic mass is 10.1. The molecule has 2 aromatic carbocycles. The van der Waals surface area contributed by atoms with Gasteiger partial charge in [-0.25, -0.2) is 4.39 Å². The number of anilines is 1. The molecule has 160 valence electrons. The van der Waals surface area contributed by atoms with Gasteiger partial charge in [-0.2, -0.15) is 0 Å². The summed E-state index contributed by atoms with van der Waals surface area (Å²) in [5.41, 5.74) is 1.33. The summed E-state index contributed by atoms with van der Waals surface area (Å²) in [5, 5.41) is 2.67. The fourth-order valence-electron chi connectivity index (χ4n) is 3.45. The highest BCUT2D eigenvalue weighted by atomic mass is 19.1. The highest BCUT2D eigenvalue weighted by Crippen LogP contribution is 2.28.